The van der Waals surface area contributed by atoms with Crippen molar-refractivity contribution in [3.63, 3.8) is 0 Å². The summed E-state index contributed by atoms with van der Waals surface area (Å²) in [5.41, 5.74) is 1.06. The van der Waals surface area contributed by atoms with Gasteiger partial charge in [-0.15, -0.1) is 0 Å². The molecule has 9 heteroatoms. The highest BCUT2D eigenvalue weighted by Gasteiger charge is 2.13. The molecule has 2 heterocycles. The van der Waals surface area contributed by atoms with E-state index in [0.717, 1.165) is 12.1 Å². The molecule has 0 bridgehead atoms. The van der Waals surface area contributed by atoms with E-state index in [4.69, 9.17) is 13.0 Å². The Balaban J connectivity index is 0.000000463. The molecule has 8 nitrogen and oxygen atoms in total. The second kappa shape index (κ2) is 7.84. The second-order valence-corrected chi connectivity index (χ2v) is 6.21. The van der Waals surface area contributed by atoms with Crippen molar-refractivity contribution in [2.75, 3.05) is 12.8 Å². The molecule has 1 N–H and O–H groups in total. The number of aryl methyl sites for hydroxylation is 1. The van der Waals surface area contributed by atoms with Crippen LogP contribution < -0.4 is 10.9 Å². The molecular weight excluding hydrogens is 322 g/mol. The predicted molar refractivity (Wildman–Crippen MR) is 84.4 cm³/mol. The van der Waals surface area contributed by atoms with E-state index in [1.807, 2.05) is 26.0 Å². The van der Waals surface area contributed by atoms with Crippen molar-refractivity contribution in [3.8, 4) is 0 Å². The van der Waals surface area contributed by atoms with Crippen LogP contribution in [0.3, 0.4) is 0 Å². The van der Waals surface area contributed by atoms with E-state index >= 15 is 0 Å². The van der Waals surface area contributed by atoms with Crippen LogP contribution in [-0.2, 0) is 10.1 Å². The second-order valence-electron chi connectivity index (χ2n) is 4.80. The monoisotopic (exact) mass is 340 g/mol. The van der Waals surface area contributed by atoms with Crippen molar-refractivity contribution in [2.45, 2.75) is 20.3 Å². The average Bonchev–Trinajstić information content (AvgIpc) is 2.43. The number of hydrogen-bond acceptors (Lipinski definition) is 6. The third kappa shape index (κ3) is 5.80. The van der Waals surface area contributed by atoms with Gasteiger partial charge in [-0.05, 0) is 25.5 Å². The number of nitrogens with one attached hydrogen (secondary N) is 1. The average molecular weight is 340 g/mol. The van der Waals surface area contributed by atoms with Gasteiger partial charge in [-0.2, -0.15) is 0 Å². The molecule has 2 aromatic rings. The summed E-state index contributed by atoms with van der Waals surface area (Å²) in [6.45, 7) is 4.31. The van der Waals surface area contributed by atoms with Gasteiger partial charge in [0.25, 0.3) is 11.5 Å². The van der Waals surface area contributed by atoms with Gasteiger partial charge in [0.15, 0.2) is 0 Å². The molecule has 0 unspecified atom stereocenters. The first-order valence-electron chi connectivity index (χ1n) is 6.81. The fourth-order valence-electron chi connectivity index (χ4n) is 1.76. The molecule has 0 atom stereocenters. The van der Waals surface area contributed by atoms with Gasteiger partial charge in [-0.3, -0.25) is 14.0 Å². The van der Waals surface area contributed by atoms with Crippen molar-refractivity contribution in [1.29, 1.82) is 0 Å². The molecular formula is C14H18N3O5S-. The molecule has 2 aromatic heterocycles. The predicted octanol–water partition coefficient (Wildman–Crippen LogP) is 0.304. The number of pyridine rings is 1. The number of amides is 1. The number of nitrogens with zero attached hydrogens (tertiary/aromatic N) is 2. The Morgan fingerprint density at radius 3 is 2.57 bits per heavy atom. The van der Waals surface area contributed by atoms with Crippen LogP contribution in [0.15, 0.2) is 29.2 Å². The molecule has 0 radical (unpaired) electrons. The Hall–Kier alpha value is -2.26. The summed E-state index contributed by atoms with van der Waals surface area (Å²) < 4.78 is 28.7. The van der Waals surface area contributed by atoms with Gasteiger partial charge >= 0.3 is 0 Å². The first-order valence-corrected chi connectivity index (χ1v) is 8.63. The highest BCUT2D eigenvalue weighted by atomic mass is 32.2. The van der Waals surface area contributed by atoms with Gasteiger partial charge in [-0.25, -0.2) is 13.4 Å². The zero-order valence-electron chi connectivity index (χ0n) is 13.1. The topological polar surface area (TPSA) is 121 Å². The van der Waals surface area contributed by atoms with Crippen LogP contribution in [0.4, 0.5) is 0 Å². The van der Waals surface area contributed by atoms with Crippen molar-refractivity contribution >= 4 is 21.7 Å². The molecule has 1 amide bonds. The minimum atomic E-state index is -3.92. The molecule has 0 spiro atoms. The SMILES string of the molecule is CCCNC(=O)c1cnc2cccc(C)n2c1=O.CS(=O)(=O)[O-]. The van der Waals surface area contributed by atoms with Crippen LogP contribution in [0.1, 0.15) is 29.4 Å². The van der Waals surface area contributed by atoms with E-state index < -0.39 is 10.1 Å². The number of hydrogen-bond donors (Lipinski definition) is 1. The normalized spacial score (nSPS) is 10.8. The molecule has 0 aliphatic rings. The van der Waals surface area contributed by atoms with Crippen molar-refractivity contribution < 1.29 is 17.8 Å². The van der Waals surface area contributed by atoms with Crippen LogP contribution in [0, 0.1) is 6.92 Å². The lowest BCUT2D eigenvalue weighted by atomic mass is 10.2. The zero-order valence-corrected chi connectivity index (χ0v) is 13.9. The van der Waals surface area contributed by atoms with E-state index in [-0.39, 0.29) is 17.0 Å². The third-order valence-electron chi connectivity index (χ3n) is 2.70. The Labute approximate surface area is 133 Å². The van der Waals surface area contributed by atoms with E-state index in [9.17, 15) is 9.59 Å². The van der Waals surface area contributed by atoms with E-state index in [1.54, 1.807) is 6.07 Å². The summed E-state index contributed by atoms with van der Waals surface area (Å²) in [6, 6.07) is 5.37. The summed E-state index contributed by atoms with van der Waals surface area (Å²) in [5, 5.41) is 2.68. The summed E-state index contributed by atoms with van der Waals surface area (Å²) in [5.74, 6) is -0.369. The van der Waals surface area contributed by atoms with Gasteiger partial charge in [0.05, 0.1) is 10.1 Å². The summed E-state index contributed by atoms with van der Waals surface area (Å²) in [7, 11) is -3.92. The van der Waals surface area contributed by atoms with Gasteiger partial charge in [0, 0.05) is 24.7 Å². The lowest BCUT2D eigenvalue weighted by Gasteiger charge is -2.06. The standard InChI is InChI=1S/C13H15N3O2.CH4O3S/c1-3-7-14-12(17)10-8-15-11-6-4-5-9(2)16(11)13(10)18;1-5(2,3)4/h4-6,8H,3,7H2,1-2H3,(H,14,17);1H3,(H,2,3,4)/p-1. The van der Waals surface area contributed by atoms with E-state index in [0.29, 0.717) is 18.4 Å². The van der Waals surface area contributed by atoms with Crippen molar-refractivity contribution in [3.05, 3.63) is 46.0 Å². The summed E-state index contributed by atoms with van der Waals surface area (Å²) in [6.07, 6.45) is 2.77. The van der Waals surface area contributed by atoms with Crippen LogP contribution in [0.25, 0.3) is 5.65 Å². The number of aromatic nitrogens is 2. The molecule has 0 saturated heterocycles. The van der Waals surface area contributed by atoms with Crippen LogP contribution >= 0.6 is 0 Å². The zero-order chi connectivity index (χ0) is 17.6. The molecule has 0 aliphatic carbocycles. The van der Waals surface area contributed by atoms with Crippen molar-refractivity contribution in [1.82, 2.24) is 14.7 Å². The molecule has 0 fully saturated rings. The highest BCUT2D eigenvalue weighted by Crippen LogP contribution is 2.02. The Kier molecular flexibility index (Phi) is 6.40. The largest absolute Gasteiger partial charge is 0.748 e. The molecule has 23 heavy (non-hydrogen) atoms. The highest BCUT2D eigenvalue weighted by molar-refractivity contribution is 7.84. The van der Waals surface area contributed by atoms with Crippen LogP contribution in [-0.4, -0.2) is 41.1 Å². The maximum absolute atomic E-state index is 12.2. The molecule has 2 rings (SSSR count). The first kappa shape index (κ1) is 18.8. The third-order valence-corrected chi connectivity index (χ3v) is 2.70. The first-order chi connectivity index (χ1) is 10.6. The maximum Gasteiger partial charge on any atom is 0.270 e. The maximum atomic E-state index is 12.2. The Bertz CT molecular complexity index is 850. The number of carbonyl (C=O) groups excluding carboxylic acids is 1. The summed E-state index contributed by atoms with van der Waals surface area (Å²) in [4.78, 5) is 28.2. The number of carbonyl (C=O) groups is 1. The van der Waals surface area contributed by atoms with Crippen LogP contribution in [0.2, 0.25) is 0 Å². The fourth-order valence-corrected chi connectivity index (χ4v) is 1.76. The van der Waals surface area contributed by atoms with Gasteiger partial charge in [0.2, 0.25) is 0 Å². The van der Waals surface area contributed by atoms with Gasteiger partial charge < -0.3 is 9.87 Å². The quantitative estimate of drug-likeness (QED) is 0.802. The molecule has 0 saturated carbocycles. The van der Waals surface area contributed by atoms with E-state index in [2.05, 4.69) is 10.3 Å². The van der Waals surface area contributed by atoms with Crippen LogP contribution in [0.5, 0.6) is 0 Å². The summed E-state index contributed by atoms with van der Waals surface area (Å²) >= 11 is 0. The number of fused-ring (bicyclic) bond motifs is 1. The van der Waals surface area contributed by atoms with Gasteiger partial charge in [-0.1, -0.05) is 13.0 Å². The van der Waals surface area contributed by atoms with E-state index in [1.165, 1.54) is 10.6 Å². The lowest BCUT2D eigenvalue weighted by molar-refractivity contribution is 0.0951. The molecule has 126 valence electrons. The minimum absolute atomic E-state index is 0.0789. The minimum Gasteiger partial charge on any atom is -0.748 e. The van der Waals surface area contributed by atoms with Crippen molar-refractivity contribution in [2.24, 2.45) is 0 Å². The lowest BCUT2D eigenvalue weighted by Crippen LogP contribution is -2.32. The Morgan fingerprint density at radius 1 is 1.39 bits per heavy atom. The molecule has 0 aromatic carbocycles. The molecule has 0 aliphatic heterocycles. The fraction of sp³-hybridized carbons (Fsp3) is 0.357. The Morgan fingerprint density at radius 2 is 2.00 bits per heavy atom. The smallest absolute Gasteiger partial charge is 0.270 e. The number of rotatable bonds is 3. The van der Waals surface area contributed by atoms with Gasteiger partial charge in [0.1, 0.15) is 11.2 Å².